The Morgan fingerprint density at radius 3 is 2.79 bits per heavy atom. The van der Waals surface area contributed by atoms with Gasteiger partial charge in [0.25, 0.3) is 0 Å². The Bertz CT molecular complexity index is 1140. The van der Waals surface area contributed by atoms with E-state index < -0.39 is 0 Å². The summed E-state index contributed by atoms with van der Waals surface area (Å²) in [6.45, 7) is 3.88. The van der Waals surface area contributed by atoms with Crippen molar-refractivity contribution in [2.45, 2.75) is 13.5 Å². The lowest BCUT2D eigenvalue weighted by Crippen LogP contribution is -2.15. The van der Waals surface area contributed by atoms with Gasteiger partial charge in [0.15, 0.2) is 17.3 Å². The first kappa shape index (κ1) is 16.9. The Morgan fingerprint density at radius 2 is 1.93 bits per heavy atom. The summed E-state index contributed by atoms with van der Waals surface area (Å²) in [5.41, 5.74) is 1.86. The monoisotopic (exact) mass is 390 g/mol. The molecule has 0 unspecified atom stereocenters. The third-order valence-corrected chi connectivity index (χ3v) is 5.42. The molecule has 140 valence electrons. The first-order valence-electron chi connectivity index (χ1n) is 9.08. The van der Waals surface area contributed by atoms with Crippen LogP contribution in [0.25, 0.3) is 21.7 Å². The average molecular weight is 390 g/mol. The van der Waals surface area contributed by atoms with Crippen LogP contribution in [-0.2, 0) is 6.54 Å². The number of hydrogen-bond acceptors (Lipinski definition) is 7. The fourth-order valence-electron chi connectivity index (χ4n) is 3.17. The van der Waals surface area contributed by atoms with E-state index in [1.54, 1.807) is 17.5 Å². The summed E-state index contributed by atoms with van der Waals surface area (Å²) in [5, 5.41) is 4.49. The maximum absolute atomic E-state index is 5.68. The minimum atomic E-state index is 0.581. The van der Waals surface area contributed by atoms with Gasteiger partial charge in [-0.25, -0.2) is 9.97 Å². The number of hydrogen-bond donors (Lipinski definition) is 1. The molecule has 1 aromatic carbocycles. The molecule has 4 heterocycles. The van der Waals surface area contributed by atoms with Crippen LogP contribution in [0.4, 0.5) is 5.82 Å². The second kappa shape index (κ2) is 7.09. The van der Waals surface area contributed by atoms with Crippen molar-refractivity contribution < 1.29 is 9.47 Å². The number of ether oxygens (including phenoxy) is 2. The molecule has 6 nitrogen and oxygen atoms in total. The highest BCUT2D eigenvalue weighted by atomic mass is 32.1. The van der Waals surface area contributed by atoms with E-state index in [0.29, 0.717) is 25.6 Å². The first-order chi connectivity index (χ1) is 13.8. The lowest BCUT2D eigenvalue weighted by molar-refractivity contribution is 0.171. The van der Waals surface area contributed by atoms with Gasteiger partial charge in [-0.1, -0.05) is 12.1 Å². The van der Waals surface area contributed by atoms with Crippen LogP contribution in [0.2, 0.25) is 0 Å². The molecule has 0 saturated carbocycles. The topological polar surface area (TPSA) is 69.2 Å². The Labute approximate surface area is 166 Å². The normalized spacial score (nSPS) is 12.9. The molecule has 3 aromatic heterocycles. The number of aryl methyl sites for hydroxylation is 1. The largest absolute Gasteiger partial charge is 0.486 e. The number of benzene rings is 1. The van der Waals surface area contributed by atoms with Crippen LogP contribution in [0.3, 0.4) is 0 Å². The van der Waals surface area contributed by atoms with E-state index in [4.69, 9.17) is 19.4 Å². The predicted octanol–water partition coefficient (Wildman–Crippen LogP) is 4.45. The van der Waals surface area contributed by atoms with Gasteiger partial charge in [-0.2, -0.15) is 0 Å². The average Bonchev–Trinajstić information content (AvgIpc) is 3.12. The molecule has 7 heteroatoms. The number of aromatic nitrogens is 3. The Kier molecular flexibility index (Phi) is 4.29. The molecule has 0 radical (unpaired) electrons. The smallest absolute Gasteiger partial charge is 0.181 e. The first-order valence-corrected chi connectivity index (χ1v) is 9.90. The molecule has 0 atom stereocenters. The van der Waals surface area contributed by atoms with Crippen molar-refractivity contribution in [2.24, 2.45) is 0 Å². The summed E-state index contributed by atoms with van der Waals surface area (Å²) in [5.74, 6) is 3.02. The van der Waals surface area contributed by atoms with Crippen molar-refractivity contribution in [1.29, 1.82) is 0 Å². The van der Waals surface area contributed by atoms with Crippen molar-refractivity contribution in [3.63, 3.8) is 0 Å². The quantitative estimate of drug-likeness (QED) is 0.555. The number of fused-ring (bicyclic) bond motifs is 2. The number of pyridine rings is 1. The van der Waals surface area contributed by atoms with Crippen LogP contribution in [0.5, 0.6) is 11.5 Å². The molecule has 0 amide bonds. The van der Waals surface area contributed by atoms with Crippen molar-refractivity contribution in [3.05, 3.63) is 59.1 Å². The van der Waals surface area contributed by atoms with Gasteiger partial charge < -0.3 is 14.8 Å². The number of nitrogens with one attached hydrogen (secondary N) is 1. The summed E-state index contributed by atoms with van der Waals surface area (Å²) in [4.78, 5) is 16.0. The third kappa shape index (κ3) is 3.25. The molecule has 1 aliphatic heterocycles. The van der Waals surface area contributed by atoms with Crippen LogP contribution in [0.15, 0.2) is 48.7 Å². The molecule has 0 aliphatic carbocycles. The van der Waals surface area contributed by atoms with Gasteiger partial charge in [0.1, 0.15) is 29.6 Å². The van der Waals surface area contributed by atoms with Gasteiger partial charge in [0.2, 0.25) is 0 Å². The van der Waals surface area contributed by atoms with Crippen LogP contribution in [-0.4, -0.2) is 28.2 Å². The molecular formula is C21H18N4O2S. The van der Waals surface area contributed by atoms with E-state index in [2.05, 4.69) is 23.3 Å². The summed E-state index contributed by atoms with van der Waals surface area (Å²) in [6.07, 6.45) is 1.75. The number of nitrogens with zero attached hydrogens (tertiary/aromatic N) is 3. The van der Waals surface area contributed by atoms with Gasteiger partial charge in [-0.3, -0.25) is 4.98 Å². The second-order valence-corrected chi connectivity index (χ2v) is 7.75. The molecular weight excluding hydrogens is 372 g/mol. The van der Waals surface area contributed by atoms with Crippen LogP contribution >= 0.6 is 11.3 Å². The van der Waals surface area contributed by atoms with Gasteiger partial charge in [-0.15, -0.1) is 11.3 Å². The fourth-order valence-corrected chi connectivity index (χ4v) is 4.05. The van der Waals surface area contributed by atoms with Crippen molar-refractivity contribution in [3.8, 4) is 23.0 Å². The Hall–Kier alpha value is -3.19. The summed E-state index contributed by atoms with van der Waals surface area (Å²) in [7, 11) is 0. The molecule has 0 spiro atoms. The van der Waals surface area contributed by atoms with E-state index in [9.17, 15) is 0 Å². The standard InChI is InChI=1S/C21H18N4O2S/c1-13-10-15-19(23-12-14-5-6-17-18(11-14)27-9-8-26-17)24-20(25-21(15)28-13)16-4-2-3-7-22-16/h2-7,10-11H,8-9,12H2,1H3,(H,23,24,25). The maximum atomic E-state index is 5.68. The highest BCUT2D eigenvalue weighted by molar-refractivity contribution is 7.18. The van der Waals surface area contributed by atoms with Crippen molar-refractivity contribution in [1.82, 2.24) is 15.0 Å². The SMILES string of the molecule is Cc1cc2c(NCc3ccc4c(c3)OCCO4)nc(-c3ccccn3)nc2s1. The Morgan fingerprint density at radius 1 is 1.04 bits per heavy atom. The Balaban J connectivity index is 1.48. The van der Waals surface area contributed by atoms with Crippen LogP contribution in [0.1, 0.15) is 10.4 Å². The number of anilines is 1. The zero-order valence-corrected chi connectivity index (χ0v) is 16.1. The van der Waals surface area contributed by atoms with E-state index >= 15 is 0 Å². The number of thiophene rings is 1. The van der Waals surface area contributed by atoms with Gasteiger partial charge in [-0.05, 0) is 42.8 Å². The molecule has 1 N–H and O–H groups in total. The van der Waals surface area contributed by atoms with Crippen molar-refractivity contribution >= 4 is 27.4 Å². The van der Waals surface area contributed by atoms with Crippen LogP contribution in [0, 0.1) is 6.92 Å². The van der Waals surface area contributed by atoms with Crippen LogP contribution < -0.4 is 14.8 Å². The molecule has 28 heavy (non-hydrogen) atoms. The molecule has 1 aliphatic rings. The zero-order valence-electron chi connectivity index (χ0n) is 15.3. The van der Waals surface area contributed by atoms with Crippen molar-refractivity contribution in [2.75, 3.05) is 18.5 Å². The molecule has 4 aromatic rings. The van der Waals surface area contributed by atoms with E-state index in [-0.39, 0.29) is 0 Å². The highest BCUT2D eigenvalue weighted by Crippen LogP contribution is 2.33. The molecule has 5 rings (SSSR count). The third-order valence-electron chi connectivity index (χ3n) is 4.48. The summed E-state index contributed by atoms with van der Waals surface area (Å²) < 4.78 is 11.3. The minimum Gasteiger partial charge on any atom is -0.486 e. The second-order valence-electron chi connectivity index (χ2n) is 6.52. The van der Waals surface area contributed by atoms with Gasteiger partial charge >= 0.3 is 0 Å². The fraction of sp³-hybridized carbons (Fsp3) is 0.190. The summed E-state index contributed by atoms with van der Waals surface area (Å²) >= 11 is 1.66. The zero-order chi connectivity index (χ0) is 18.9. The summed E-state index contributed by atoms with van der Waals surface area (Å²) in [6, 6.07) is 13.9. The minimum absolute atomic E-state index is 0.581. The predicted molar refractivity (Wildman–Crippen MR) is 110 cm³/mol. The maximum Gasteiger partial charge on any atom is 0.181 e. The lowest BCUT2D eigenvalue weighted by atomic mass is 10.2. The van der Waals surface area contributed by atoms with E-state index in [0.717, 1.165) is 38.8 Å². The lowest BCUT2D eigenvalue weighted by Gasteiger charge is -2.19. The van der Waals surface area contributed by atoms with E-state index in [1.807, 2.05) is 36.4 Å². The molecule has 0 saturated heterocycles. The molecule has 0 bridgehead atoms. The number of rotatable bonds is 4. The van der Waals surface area contributed by atoms with Gasteiger partial charge in [0.05, 0.1) is 5.39 Å². The van der Waals surface area contributed by atoms with Gasteiger partial charge in [0, 0.05) is 17.6 Å². The highest BCUT2D eigenvalue weighted by Gasteiger charge is 2.14. The van der Waals surface area contributed by atoms with E-state index in [1.165, 1.54) is 4.88 Å². The molecule has 0 fully saturated rings.